The molecular formula is C31H41NO3Si. The van der Waals surface area contributed by atoms with Crippen molar-refractivity contribution in [2.75, 3.05) is 0 Å². The second kappa shape index (κ2) is 12.4. The summed E-state index contributed by atoms with van der Waals surface area (Å²) in [6.45, 7) is 13.8. The molecule has 0 aromatic heterocycles. The Morgan fingerprint density at radius 2 is 1.33 bits per heavy atom. The quantitative estimate of drug-likeness (QED) is 0.282. The maximum Gasteiger partial charge on any atom is 0.407 e. The number of benzene rings is 3. The van der Waals surface area contributed by atoms with E-state index >= 15 is 0 Å². The lowest BCUT2D eigenvalue weighted by Crippen LogP contribution is -2.45. The number of ether oxygens (including phenoxy) is 1. The summed E-state index contributed by atoms with van der Waals surface area (Å²) in [6, 6.07) is 30.1. The monoisotopic (exact) mass is 503 g/mol. The van der Waals surface area contributed by atoms with E-state index in [4.69, 9.17) is 9.16 Å². The minimum atomic E-state index is -2.12. The summed E-state index contributed by atoms with van der Waals surface area (Å²) in [6.07, 6.45) is 0.231. The third kappa shape index (κ3) is 7.31. The van der Waals surface area contributed by atoms with E-state index in [0.717, 1.165) is 23.1 Å². The van der Waals surface area contributed by atoms with Gasteiger partial charge >= 0.3 is 6.09 Å². The number of hydrogen-bond acceptors (Lipinski definition) is 3. The van der Waals surface area contributed by atoms with Gasteiger partial charge in [-0.3, -0.25) is 0 Å². The highest BCUT2D eigenvalue weighted by atomic mass is 28.4. The van der Waals surface area contributed by atoms with Gasteiger partial charge in [0.15, 0.2) is 8.32 Å². The molecule has 1 amide bonds. The van der Waals surface area contributed by atoms with Crippen molar-refractivity contribution in [2.45, 2.75) is 71.0 Å². The molecule has 0 spiro atoms. The summed E-state index contributed by atoms with van der Waals surface area (Å²) >= 11 is 0. The minimum absolute atomic E-state index is 0.00759. The fraction of sp³-hybridized carbons (Fsp3) is 0.387. The van der Waals surface area contributed by atoms with E-state index in [9.17, 15) is 4.79 Å². The first-order valence-corrected chi connectivity index (χ1v) is 15.8. The van der Waals surface area contributed by atoms with Gasteiger partial charge in [0.25, 0.3) is 0 Å². The van der Waals surface area contributed by atoms with Crippen LogP contribution in [-0.2, 0) is 15.8 Å². The molecule has 0 aliphatic carbocycles. The number of carbonyl (C=O) groups is 1. The fourth-order valence-electron chi connectivity index (χ4n) is 4.15. The molecule has 0 unspecified atom stereocenters. The molecule has 0 aliphatic heterocycles. The molecule has 0 bridgehead atoms. The van der Waals surface area contributed by atoms with Crippen LogP contribution < -0.4 is 5.32 Å². The van der Waals surface area contributed by atoms with E-state index < -0.39 is 14.4 Å². The fourth-order valence-corrected chi connectivity index (χ4v) is 5.45. The van der Waals surface area contributed by atoms with Crippen molar-refractivity contribution in [1.29, 1.82) is 0 Å². The van der Waals surface area contributed by atoms with Crippen LogP contribution in [0.3, 0.4) is 0 Å². The summed E-state index contributed by atoms with van der Waals surface area (Å²) < 4.78 is 12.7. The minimum Gasteiger partial charge on any atom is -0.445 e. The molecule has 0 fully saturated rings. The van der Waals surface area contributed by atoms with Crippen molar-refractivity contribution in [2.24, 2.45) is 5.92 Å². The Morgan fingerprint density at radius 3 is 1.83 bits per heavy atom. The largest absolute Gasteiger partial charge is 0.445 e. The first-order chi connectivity index (χ1) is 17.1. The van der Waals surface area contributed by atoms with E-state index in [1.165, 1.54) is 0 Å². The predicted molar refractivity (Wildman–Crippen MR) is 150 cm³/mol. The van der Waals surface area contributed by atoms with Crippen LogP contribution in [0.2, 0.25) is 18.1 Å². The van der Waals surface area contributed by atoms with E-state index in [0.29, 0.717) is 0 Å². The Labute approximate surface area is 218 Å². The molecule has 192 valence electrons. The van der Waals surface area contributed by atoms with Gasteiger partial charge in [-0.05, 0) is 41.2 Å². The lowest BCUT2D eigenvalue weighted by molar-refractivity contribution is 0.0816. The van der Waals surface area contributed by atoms with Crippen molar-refractivity contribution in [1.82, 2.24) is 5.32 Å². The van der Waals surface area contributed by atoms with E-state index in [-0.39, 0.29) is 29.7 Å². The lowest BCUT2D eigenvalue weighted by atomic mass is 9.83. The zero-order valence-corrected chi connectivity index (χ0v) is 23.5. The van der Waals surface area contributed by atoms with Crippen LogP contribution in [-0.4, -0.2) is 14.4 Å². The molecular weight excluding hydrogens is 462 g/mol. The maximum atomic E-state index is 13.1. The third-order valence-corrected chi connectivity index (χ3v) is 11.7. The molecule has 0 saturated carbocycles. The molecule has 1 N–H and O–H groups in total. The van der Waals surface area contributed by atoms with Crippen molar-refractivity contribution in [3.05, 3.63) is 108 Å². The van der Waals surface area contributed by atoms with Crippen molar-refractivity contribution >= 4 is 14.4 Å². The zero-order valence-electron chi connectivity index (χ0n) is 22.5. The number of alkyl carbamates (subject to hydrolysis) is 1. The van der Waals surface area contributed by atoms with Gasteiger partial charge in [0.05, 0.1) is 12.1 Å². The molecule has 0 aliphatic rings. The van der Waals surface area contributed by atoms with E-state index in [1.54, 1.807) is 0 Å². The highest BCUT2D eigenvalue weighted by Gasteiger charge is 2.42. The van der Waals surface area contributed by atoms with Crippen LogP contribution >= 0.6 is 0 Å². The van der Waals surface area contributed by atoms with Crippen LogP contribution in [0.15, 0.2) is 91.0 Å². The summed E-state index contributed by atoms with van der Waals surface area (Å²) in [4.78, 5) is 13.1. The third-order valence-electron chi connectivity index (χ3n) is 7.29. The molecule has 4 nitrogen and oxygen atoms in total. The predicted octanol–water partition coefficient (Wildman–Crippen LogP) is 8.44. The SMILES string of the molecule is CC[C@@H]([C@H](NC(=O)OCc1ccccc1)c1ccccc1)[C@@H](O[Si](C)(C)C(C)(C)C)c1ccccc1. The second-order valence-electron chi connectivity index (χ2n) is 10.9. The number of hydrogen-bond donors (Lipinski definition) is 1. The number of amides is 1. The Morgan fingerprint density at radius 1 is 0.833 bits per heavy atom. The zero-order chi connectivity index (χ0) is 26.2. The highest BCUT2D eigenvalue weighted by molar-refractivity contribution is 6.74. The molecule has 3 rings (SSSR count). The molecule has 0 saturated heterocycles. The van der Waals surface area contributed by atoms with Gasteiger partial charge in [-0.15, -0.1) is 0 Å². The topological polar surface area (TPSA) is 47.6 Å². The Bertz CT molecular complexity index is 1070. The molecule has 36 heavy (non-hydrogen) atoms. The van der Waals surface area contributed by atoms with Crippen molar-refractivity contribution in [3.8, 4) is 0 Å². The van der Waals surface area contributed by atoms with Crippen LogP contribution in [0.5, 0.6) is 0 Å². The summed E-state index contributed by atoms with van der Waals surface area (Å²) in [5.41, 5.74) is 3.13. The summed E-state index contributed by atoms with van der Waals surface area (Å²) in [7, 11) is -2.12. The first-order valence-electron chi connectivity index (χ1n) is 12.9. The van der Waals surface area contributed by atoms with Crippen LogP contribution in [0.1, 0.15) is 63.0 Å². The van der Waals surface area contributed by atoms with Gasteiger partial charge in [-0.25, -0.2) is 4.79 Å². The number of nitrogens with one attached hydrogen (secondary N) is 1. The van der Waals surface area contributed by atoms with E-state index in [1.807, 2.05) is 54.6 Å². The van der Waals surface area contributed by atoms with Crippen LogP contribution in [0, 0.1) is 5.92 Å². The second-order valence-corrected chi connectivity index (χ2v) is 15.6. The molecule has 3 atom stereocenters. The first kappa shape index (κ1) is 27.7. The summed E-state index contributed by atoms with van der Waals surface area (Å²) in [5, 5.41) is 3.26. The molecule has 3 aromatic carbocycles. The summed E-state index contributed by atoms with van der Waals surface area (Å²) in [5.74, 6) is 0.00759. The Kier molecular flexibility index (Phi) is 9.52. The average molecular weight is 504 g/mol. The van der Waals surface area contributed by atoms with E-state index in [2.05, 4.69) is 82.5 Å². The maximum absolute atomic E-state index is 13.1. The molecule has 0 heterocycles. The van der Waals surface area contributed by atoms with Crippen molar-refractivity contribution < 1.29 is 14.0 Å². The Balaban J connectivity index is 1.94. The van der Waals surface area contributed by atoms with Gasteiger partial charge in [0, 0.05) is 5.92 Å². The highest BCUT2D eigenvalue weighted by Crippen LogP contribution is 2.45. The smallest absolute Gasteiger partial charge is 0.407 e. The van der Waals surface area contributed by atoms with Crippen LogP contribution in [0.4, 0.5) is 4.79 Å². The van der Waals surface area contributed by atoms with Gasteiger partial charge < -0.3 is 14.5 Å². The van der Waals surface area contributed by atoms with Crippen molar-refractivity contribution in [3.63, 3.8) is 0 Å². The van der Waals surface area contributed by atoms with Gasteiger partial charge in [0.1, 0.15) is 6.61 Å². The molecule has 5 heteroatoms. The lowest BCUT2D eigenvalue weighted by Gasteiger charge is -2.43. The Hall–Kier alpha value is -2.89. The normalized spacial score (nSPS) is 14.5. The number of carbonyl (C=O) groups excluding carboxylic acids is 1. The average Bonchev–Trinajstić information content (AvgIpc) is 2.87. The van der Waals surface area contributed by atoms with Crippen LogP contribution in [0.25, 0.3) is 0 Å². The standard InChI is InChI=1S/C31H41NO3Si/c1-7-27(29(26-21-15-10-16-22-26)35-36(5,6)31(2,3)4)28(25-19-13-9-14-20-25)32-30(33)34-23-24-17-11-8-12-18-24/h8-22,27-29H,7,23H2,1-6H3,(H,32,33)/t27-,28+,29-/m0/s1. The molecule has 0 radical (unpaired) electrons. The molecule has 3 aromatic rings. The van der Waals surface area contributed by atoms with Gasteiger partial charge in [-0.2, -0.15) is 0 Å². The number of rotatable bonds is 10. The van der Waals surface area contributed by atoms with Gasteiger partial charge in [0.2, 0.25) is 0 Å². The van der Waals surface area contributed by atoms with Gasteiger partial charge in [-0.1, -0.05) is 119 Å².